The van der Waals surface area contributed by atoms with Crippen LogP contribution in [0.4, 0.5) is 5.69 Å². The molecule has 1 aromatic carbocycles. The third-order valence-electron chi connectivity index (χ3n) is 5.04. The first kappa shape index (κ1) is 17.9. The van der Waals surface area contributed by atoms with Gasteiger partial charge in [-0.15, -0.1) is 5.10 Å². The van der Waals surface area contributed by atoms with Crippen LogP contribution >= 0.6 is 0 Å². The van der Waals surface area contributed by atoms with E-state index in [4.69, 9.17) is 0 Å². The predicted molar refractivity (Wildman–Crippen MR) is 99.8 cm³/mol. The summed E-state index contributed by atoms with van der Waals surface area (Å²) in [6, 6.07) is 11.1. The number of anilines is 1. The lowest BCUT2D eigenvalue weighted by Gasteiger charge is -2.37. The Balaban J connectivity index is 1.74. The van der Waals surface area contributed by atoms with Gasteiger partial charge in [0.05, 0.1) is 31.7 Å². The molecule has 1 N–H and O–H groups in total. The molecule has 2 aromatic rings. The summed E-state index contributed by atoms with van der Waals surface area (Å²) in [7, 11) is 0. The second kappa shape index (κ2) is 7.52. The lowest BCUT2D eigenvalue weighted by molar-refractivity contribution is -0.933. The van der Waals surface area contributed by atoms with Crippen LogP contribution < -0.4 is 9.80 Å². The van der Waals surface area contributed by atoms with E-state index in [0.717, 1.165) is 44.8 Å². The molecule has 3 rings (SSSR count). The first-order chi connectivity index (χ1) is 12.0. The van der Waals surface area contributed by atoms with Gasteiger partial charge in [-0.1, -0.05) is 31.5 Å². The number of benzene rings is 1. The normalized spacial score (nSPS) is 17.7. The fourth-order valence-corrected chi connectivity index (χ4v) is 3.73. The standard InChI is InChI=1S/C19H30N6/c1-5-9-17(18-20-21-22-25(18)19(2,3)4)24-14-12-23(13-15-24)16-10-7-6-8-11-16/h6-8,10-11,17H,5,9,12-15H2,1-4H3/p+1/t17-/m1/s1. The number of aromatic nitrogens is 4. The molecule has 6 heteroatoms. The molecule has 0 spiro atoms. The van der Waals surface area contributed by atoms with Gasteiger partial charge in [-0.25, -0.2) is 4.68 Å². The number of nitrogens with one attached hydrogen (secondary N) is 1. The van der Waals surface area contributed by atoms with Gasteiger partial charge in [0, 0.05) is 12.1 Å². The van der Waals surface area contributed by atoms with Gasteiger partial charge in [0.25, 0.3) is 0 Å². The van der Waals surface area contributed by atoms with Crippen molar-refractivity contribution in [2.24, 2.45) is 0 Å². The average Bonchev–Trinajstić information content (AvgIpc) is 3.10. The largest absolute Gasteiger partial charge is 0.360 e. The summed E-state index contributed by atoms with van der Waals surface area (Å²) in [4.78, 5) is 4.09. The SMILES string of the molecule is CCC[C@H](c1nnnn1C(C)(C)C)[NH+]1CCN(c2ccccc2)CC1. The molecule has 6 nitrogen and oxygen atoms in total. The Morgan fingerprint density at radius 3 is 2.40 bits per heavy atom. The molecule has 0 aliphatic carbocycles. The number of piperazine rings is 1. The van der Waals surface area contributed by atoms with Crippen LogP contribution in [0.2, 0.25) is 0 Å². The lowest BCUT2D eigenvalue weighted by atomic mass is 10.0. The van der Waals surface area contributed by atoms with Gasteiger partial charge in [0.1, 0.15) is 6.04 Å². The van der Waals surface area contributed by atoms with Crippen LogP contribution in [-0.2, 0) is 5.54 Å². The van der Waals surface area contributed by atoms with Gasteiger partial charge >= 0.3 is 0 Å². The smallest absolute Gasteiger partial charge is 0.209 e. The van der Waals surface area contributed by atoms with E-state index < -0.39 is 0 Å². The van der Waals surface area contributed by atoms with Crippen LogP contribution in [0.25, 0.3) is 0 Å². The van der Waals surface area contributed by atoms with Crippen molar-refractivity contribution in [2.75, 3.05) is 31.1 Å². The molecule has 1 saturated heterocycles. The quantitative estimate of drug-likeness (QED) is 0.897. The highest BCUT2D eigenvalue weighted by atomic mass is 15.6. The summed E-state index contributed by atoms with van der Waals surface area (Å²) < 4.78 is 2.02. The molecule has 0 amide bonds. The van der Waals surface area contributed by atoms with E-state index in [2.05, 4.69) is 78.5 Å². The number of hydrogen-bond acceptors (Lipinski definition) is 4. The number of rotatable bonds is 5. The number of para-hydroxylation sites is 1. The minimum Gasteiger partial charge on any atom is -0.360 e. The van der Waals surface area contributed by atoms with Crippen molar-refractivity contribution < 1.29 is 4.90 Å². The zero-order valence-corrected chi connectivity index (χ0v) is 15.9. The summed E-state index contributed by atoms with van der Waals surface area (Å²) >= 11 is 0. The van der Waals surface area contributed by atoms with E-state index in [1.165, 1.54) is 5.69 Å². The van der Waals surface area contributed by atoms with Gasteiger partial charge in [0.2, 0.25) is 5.82 Å². The lowest BCUT2D eigenvalue weighted by Crippen LogP contribution is -3.15. The highest BCUT2D eigenvalue weighted by Gasteiger charge is 2.34. The zero-order chi connectivity index (χ0) is 17.9. The number of nitrogens with zero attached hydrogens (tertiary/aromatic N) is 5. The molecule has 1 aliphatic rings. The van der Waals surface area contributed by atoms with Crippen molar-refractivity contribution in [1.82, 2.24) is 20.2 Å². The Morgan fingerprint density at radius 1 is 1.12 bits per heavy atom. The van der Waals surface area contributed by atoms with Crippen molar-refractivity contribution in [3.8, 4) is 0 Å². The predicted octanol–water partition coefficient (Wildman–Crippen LogP) is 1.67. The van der Waals surface area contributed by atoms with Crippen LogP contribution in [0.5, 0.6) is 0 Å². The van der Waals surface area contributed by atoms with Gasteiger partial charge in [0.15, 0.2) is 0 Å². The Morgan fingerprint density at radius 2 is 1.80 bits per heavy atom. The van der Waals surface area contributed by atoms with E-state index >= 15 is 0 Å². The maximum atomic E-state index is 4.42. The maximum Gasteiger partial charge on any atom is 0.209 e. The fraction of sp³-hybridized carbons (Fsp3) is 0.632. The summed E-state index contributed by atoms with van der Waals surface area (Å²) in [5, 5.41) is 12.7. The summed E-state index contributed by atoms with van der Waals surface area (Å²) in [5.74, 6) is 1.04. The number of hydrogen-bond donors (Lipinski definition) is 1. The van der Waals surface area contributed by atoms with E-state index in [-0.39, 0.29) is 5.54 Å². The Bertz CT molecular complexity index is 652. The van der Waals surface area contributed by atoms with Gasteiger partial charge < -0.3 is 9.80 Å². The van der Waals surface area contributed by atoms with Crippen LogP contribution in [0.15, 0.2) is 30.3 Å². The number of tetrazole rings is 1. The molecule has 0 radical (unpaired) electrons. The molecule has 136 valence electrons. The molecular weight excluding hydrogens is 312 g/mol. The Kier molecular flexibility index (Phi) is 5.37. The molecule has 25 heavy (non-hydrogen) atoms. The van der Waals surface area contributed by atoms with E-state index in [0.29, 0.717) is 6.04 Å². The minimum absolute atomic E-state index is 0.0872. The molecule has 1 atom stereocenters. The second-order valence-electron chi connectivity index (χ2n) is 7.94. The van der Waals surface area contributed by atoms with E-state index in [1.807, 2.05) is 4.68 Å². The third kappa shape index (κ3) is 4.00. The second-order valence-corrected chi connectivity index (χ2v) is 7.94. The van der Waals surface area contributed by atoms with E-state index in [9.17, 15) is 0 Å². The van der Waals surface area contributed by atoms with Gasteiger partial charge in [-0.3, -0.25) is 0 Å². The maximum absolute atomic E-state index is 4.42. The topological polar surface area (TPSA) is 51.3 Å². The molecule has 0 unspecified atom stereocenters. The fourth-order valence-electron chi connectivity index (χ4n) is 3.73. The summed E-state index contributed by atoms with van der Waals surface area (Å²) in [6.07, 6.45) is 2.27. The summed E-state index contributed by atoms with van der Waals surface area (Å²) in [6.45, 7) is 13.1. The monoisotopic (exact) mass is 343 g/mol. The highest BCUT2D eigenvalue weighted by Crippen LogP contribution is 2.20. The highest BCUT2D eigenvalue weighted by molar-refractivity contribution is 5.46. The van der Waals surface area contributed by atoms with Crippen molar-refractivity contribution in [3.05, 3.63) is 36.2 Å². The molecular formula is C19H31N6+. The molecule has 0 saturated carbocycles. The Labute approximate surface area is 150 Å². The van der Waals surface area contributed by atoms with Crippen LogP contribution in [-0.4, -0.2) is 46.4 Å². The van der Waals surface area contributed by atoms with Crippen molar-refractivity contribution in [3.63, 3.8) is 0 Å². The van der Waals surface area contributed by atoms with Crippen LogP contribution in [0.1, 0.15) is 52.4 Å². The van der Waals surface area contributed by atoms with E-state index in [1.54, 1.807) is 4.90 Å². The third-order valence-corrected chi connectivity index (χ3v) is 5.04. The van der Waals surface area contributed by atoms with Crippen molar-refractivity contribution >= 4 is 5.69 Å². The van der Waals surface area contributed by atoms with Gasteiger partial charge in [-0.05, 0) is 43.3 Å². The zero-order valence-electron chi connectivity index (χ0n) is 15.9. The Hall–Kier alpha value is -1.95. The molecule has 2 heterocycles. The minimum atomic E-state index is -0.0872. The molecule has 1 aromatic heterocycles. The molecule has 0 bridgehead atoms. The van der Waals surface area contributed by atoms with Gasteiger partial charge in [-0.2, -0.15) is 0 Å². The van der Waals surface area contributed by atoms with Crippen molar-refractivity contribution in [2.45, 2.75) is 52.1 Å². The first-order valence-corrected chi connectivity index (χ1v) is 9.44. The van der Waals surface area contributed by atoms with Crippen molar-refractivity contribution in [1.29, 1.82) is 0 Å². The number of quaternary nitrogens is 1. The first-order valence-electron chi connectivity index (χ1n) is 9.44. The average molecular weight is 343 g/mol. The molecule has 1 fully saturated rings. The van der Waals surface area contributed by atoms with Crippen LogP contribution in [0.3, 0.4) is 0 Å². The van der Waals surface area contributed by atoms with Crippen LogP contribution in [0, 0.1) is 0 Å². The summed E-state index contributed by atoms with van der Waals surface area (Å²) in [5.41, 5.74) is 1.24. The molecule has 1 aliphatic heterocycles.